The third kappa shape index (κ3) is 4.95. The van der Waals surface area contributed by atoms with E-state index in [-0.39, 0.29) is 11.9 Å². The zero-order valence-corrected chi connectivity index (χ0v) is 14.2. The van der Waals surface area contributed by atoms with E-state index in [2.05, 4.69) is 32.0 Å². The van der Waals surface area contributed by atoms with Crippen LogP contribution in [-0.2, 0) is 9.53 Å². The summed E-state index contributed by atoms with van der Waals surface area (Å²) in [7, 11) is 1.73. The van der Waals surface area contributed by atoms with Gasteiger partial charge in [-0.3, -0.25) is 19.9 Å². The van der Waals surface area contributed by atoms with Crippen molar-refractivity contribution in [2.45, 2.75) is 32.4 Å². The molecule has 0 aliphatic carbocycles. The molecule has 7 heteroatoms. The number of carbonyl (C=O) groups excluding carboxylic acids is 1. The SMILES string of the molecule is CC[C@H]1CN([C@@H](C)C(=O)Nc2ncccn2)CCN1CCOC. The van der Waals surface area contributed by atoms with Gasteiger partial charge in [-0.2, -0.15) is 0 Å². The standard InChI is InChI=1S/C16H27N5O2/c1-4-14-12-21(9-8-20(14)10-11-23-3)13(2)15(22)19-16-17-6-5-7-18-16/h5-7,13-14H,4,8-12H2,1-3H3,(H,17,18,19,22)/t13-,14-/m0/s1. The van der Waals surface area contributed by atoms with Gasteiger partial charge in [0.15, 0.2) is 0 Å². The maximum atomic E-state index is 12.4. The Kier molecular flexibility index (Phi) is 6.88. The van der Waals surface area contributed by atoms with E-state index >= 15 is 0 Å². The highest BCUT2D eigenvalue weighted by molar-refractivity contribution is 5.93. The van der Waals surface area contributed by atoms with Crippen LogP contribution in [0.1, 0.15) is 20.3 Å². The van der Waals surface area contributed by atoms with Crippen LogP contribution in [0.5, 0.6) is 0 Å². The predicted molar refractivity (Wildman–Crippen MR) is 89.2 cm³/mol. The summed E-state index contributed by atoms with van der Waals surface area (Å²) in [5, 5.41) is 2.78. The molecule has 0 bridgehead atoms. The van der Waals surface area contributed by atoms with E-state index in [4.69, 9.17) is 4.74 Å². The summed E-state index contributed by atoms with van der Waals surface area (Å²) < 4.78 is 5.18. The van der Waals surface area contributed by atoms with Crippen LogP contribution < -0.4 is 5.32 Å². The number of aromatic nitrogens is 2. The second kappa shape index (κ2) is 8.90. The summed E-state index contributed by atoms with van der Waals surface area (Å²) in [5.74, 6) is 0.298. The summed E-state index contributed by atoms with van der Waals surface area (Å²) in [6.07, 6.45) is 4.31. The van der Waals surface area contributed by atoms with E-state index in [0.29, 0.717) is 12.0 Å². The lowest BCUT2D eigenvalue weighted by molar-refractivity contribution is -0.122. The number of hydrogen-bond donors (Lipinski definition) is 1. The van der Waals surface area contributed by atoms with Crippen LogP contribution in [0.3, 0.4) is 0 Å². The largest absolute Gasteiger partial charge is 0.383 e. The summed E-state index contributed by atoms with van der Waals surface area (Å²) in [5.41, 5.74) is 0. The number of methoxy groups -OCH3 is 1. The number of hydrogen-bond acceptors (Lipinski definition) is 6. The van der Waals surface area contributed by atoms with Gasteiger partial charge in [-0.1, -0.05) is 6.92 Å². The van der Waals surface area contributed by atoms with Gasteiger partial charge in [-0.15, -0.1) is 0 Å². The molecular weight excluding hydrogens is 294 g/mol. The highest BCUT2D eigenvalue weighted by atomic mass is 16.5. The van der Waals surface area contributed by atoms with Gasteiger partial charge < -0.3 is 4.74 Å². The minimum absolute atomic E-state index is 0.0589. The number of ether oxygens (including phenoxy) is 1. The molecular formula is C16H27N5O2. The summed E-state index contributed by atoms with van der Waals surface area (Å²) in [4.78, 5) is 25.2. The number of carbonyl (C=O) groups is 1. The molecule has 1 fully saturated rings. The van der Waals surface area contributed by atoms with Crippen LogP contribution in [0, 0.1) is 0 Å². The molecule has 2 atom stereocenters. The second-order valence-corrected chi connectivity index (χ2v) is 5.82. The number of amides is 1. The summed E-state index contributed by atoms with van der Waals surface area (Å²) in [6, 6.07) is 1.99. The van der Waals surface area contributed by atoms with Crippen LogP contribution in [0.25, 0.3) is 0 Å². The third-order valence-electron chi connectivity index (χ3n) is 4.42. The molecule has 7 nitrogen and oxygen atoms in total. The van der Waals surface area contributed by atoms with Gasteiger partial charge in [0.05, 0.1) is 12.6 Å². The molecule has 23 heavy (non-hydrogen) atoms. The normalized spacial score (nSPS) is 21.1. The first-order valence-corrected chi connectivity index (χ1v) is 8.20. The van der Waals surface area contributed by atoms with E-state index in [1.165, 1.54) is 0 Å². The van der Waals surface area contributed by atoms with Crippen molar-refractivity contribution in [1.29, 1.82) is 0 Å². The van der Waals surface area contributed by atoms with E-state index in [1.807, 2.05) is 6.92 Å². The molecule has 1 aromatic rings. The molecule has 1 aliphatic rings. The minimum Gasteiger partial charge on any atom is -0.383 e. The Balaban J connectivity index is 1.89. The number of anilines is 1. The molecule has 1 amide bonds. The molecule has 0 radical (unpaired) electrons. The average molecular weight is 321 g/mol. The Bertz CT molecular complexity index is 485. The van der Waals surface area contributed by atoms with Gasteiger partial charge in [0.1, 0.15) is 0 Å². The van der Waals surface area contributed by atoms with Crippen LogP contribution >= 0.6 is 0 Å². The fraction of sp³-hybridized carbons (Fsp3) is 0.688. The van der Waals surface area contributed by atoms with Gasteiger partial charge in [-0.05, 0) is 19.4 Å². The molecule has 0 aromatic carbocycles. The van der Waals surface area contributed by atoms with Crippen LogP contribution in [0.4, 0.5) is 5.95 Å². The van der Waals surface area contributed by atoms with Gasteiger partial charge in [-0.25, -0.2) is 9.97 Å². The van der Waals surface area contributed by atoms with Gasteiger partial charge in [0.25, 0.3) is 0 Å². The maximum absolute atomic E-state index is 12.4. The topological polar surface area (TPSA) is 70.6 Å². The van der Waals surface area contributed by atoms with Crippen LogP contribution in [0.15, 0.2) is 18.5 Å². The Morgan fingerprint density at radius 2 is 2.17 bits per heavy atom. The van der Waals surface area contributed by atoms with E-state index in [1.54, 1.807) is 25.6 Å². The van der Waals surface area contributed by atoms with Gasteiger partial charge >= 0.3 is 0 Å². The Morgan fingerprint density at radius 1 is 1.43 bits per heavy atom. The molecule has 1 aliphatic heterocycles. The highest BCUT2D eigenvalue weighted by Crippen LogP contribution is 2.15. The zero-order valence-electron chi connectivity index (χ0n) is 14.2. The Labute approximate surface area is 138 Å². The summed E-state index contributed by atoms with van der Waals surface area (Å²) >= 11 is 0. The van der Waals surface area contributed by atoms with E-state index in [0.717, 1.165) is 39.2 Å². The highest BCUT2D eigenvalue weighted by Gasteiger charge is 2.30. The monoisotopic (exact) mass is 321 g/mol. The molecule has 1 N–H and O–H groups in total. The quantitative estimate of drug-likeness (QED) is 0.803. The molecule has 1 aromatic heterocycles. The first-order valence-electron chi connectivity index (χ1n) is 8.20. The number of nitrogens with zero attached hydrogens (tertiary/aromatic N) is 4. The van der Waals surface area contributed by atoms with Crippen LogP contribution in [-0.4, -0.2) is 77.7 Å². The van der Waals surface area contributed by atoms with Gasteiger partial charge in [0, 0.05) is 51.7 Å². The Hall–Kier alpha value is -1.57. The van der Waals surface area contributed by atoms with Crippen molar-refractivity contribution in [2.75, 3.05) is 45.2 Å². The number of nitrogens with one attached hydrogen (secondary N) is 1. The Morgan fingerprint density at radius 3 is 2.83 bits per heavy atom. The number of piperazine rings is 1. The van der Waals surface area contributed by atoms with Crippen molar-refractivity contribution in [3.8, 4) is 0 Å². The van der Waals surface area contributed by atoms with Crippen LogP contribution in [0.2, 0.25) is 0 Å². The predicted octanol–water partition coefficient (Wildman–Crippen LogP) is 0.846. The maximum Gasteiger partial charge on any atom is 0.243 e. The van der Waals surface area contributed by atoms with E-state index in [9.17, 15) is 4.79 Å². The fourth-order valence-corrected chi connectivity index (χ4v) is 2.90. The smallest absolute Gasteiger partial charge is 0.243 e. The molecule has 128 valence electrons. The zero-order chi connectivity index (χ0) is 16.7. The number of rotatable bonds is 7. The molecule has 0 unspecified atom stereocenters. The van der Waals surface area contributed by atoms with Crippen molar-refractivity contribution in [1.82, 2.24) is 19.8 Å². The van der Waals surface area contributed by atoms with Crippen molar-refractivity contribution in [3.05, 3.63) is 18.5 Å². The second-order valence-electron chi connectivity index (χ2n) is 5.82. The first-order chi connectivity index (χ1) is 11.2. The summed E-state index contributed by atoms with van der Waals surface area (Å²) in [6.45, 7) is 8.56. The van der Waals surface area contributed by atoms with Crippen molar-refractivity contribution in [3.63, 3.8) is 0 Å². The first kappa shape index (κ1) is 17.8. The average Bonchev–Trinajstić information content (AvgIpc) is 2.60. The van der Waals surface area contributed by atoms with Gasteiger partial charge in [0.2, 0.25) is 11.9 Å². The lowest BCUT2D eigenvalue weighted by atomic mass is 10.1. The van der Waals surface area contributed by atoms with Crippen molar-refractivity contribution >= 4 is 11.9 Å². The third-order valence-corrected chi connectivity index (χ3v) is 4.42. The molecule has 2 rings (SSSR count). The molecule has 1 saturated heterocycles. The lowest BCUT2D eigenvalue weighted by Gasteiger charge is -2.43. The van der Waals surface area contributed by atoms with E-state index < -0.39 is 0 Å². The van der Waals surface area contributed by atoms with Crippen molar-refractivity contribution in [2.24, 2.45) is 0 Å². The molecule has 0 spiro atoms. The fourth-order valence-electron chi connectivity index (χ4n) is 2.90. The molecule has 0 saturated carbocycles. The van der Waals surface area contributed by atoms with Crippen molar-refractivity contribution < 1.29 is 9.53 Å². The molecule has 2 heterocycles. The minimum atomic E-state index is -0.197. The lowest BCUT2D eigenvalue weighted by Crippen LogP contribution is -2.57.